The number of alkyl halides is 3. The second-order valence-corrected chi connectivity index (χ2v) is 8.60. The first-order valence-electron chi connectivity index (χ1n) is 11.4. The van der Waals surface area contributed by atoms with Crippen molar-refractivity contribution in [3.8, 4) is 5.75 Å². The summed E-state index contributed by atoms with van der Waals surface area (Å²) in [5, 5.41) is 11.7. The molecular formula is C25H30F4N2O3. The molecule has 186 valence electrons. The average molecular weight is 483 g/mol. The molecule has 0 spiro atoms. The van der Waals surface area contributed by atoms with Gasteiger partial charge in [-0.05, 0) is 70.0 Å². The van der Waals surface area contributed by atoms with Crippen LogP contribution < -0.4 is 5.32 Å². The summed E-state index contributed by atoms with van der Waals surface area (Å²) in [7, 11) is 0. The van der Waals surface area contributed by atoms with Gasteiger partial charge in [0.05, 0.1) is 11.6 Å². The summed E-state index contributed by atoms with van der Waals surface area (Å²) in [6.45, 7) is 4.98. The maximum Gasteiger partial charge on any atom is 0.416 e. The van der Waals surface area contributed by atoms with Gasteiger partial charge in [0.2, 0.25) is 5.91 Å². The highest BCUT2D eigenvalue weighted by atomic mass is 19.4. The zero-order valence-electron chi connectivity index (χ0n) is 19.1. The summed E-state index contributed by atoms with van der Waals surface area (Å²) in [5.74, 6) is -0.638. The molecule has 5 nitrogen and oxygen atoms in total. The first-order valence-corrected chi connectivity index (χ1v) is 11.4. The molecule has 2 saturated heterocycles. The first kappa shape index (κ1) is 26.0. The number of ether oxygens (including phenoxy) is 1. The smallest absolute Gasteiger partial charge is 0.416 e. The van der Waals surface area contributed by atoms with Gasteiger partial charge in [0.1, 0.15) is 17.1 Å². The van der Waals surface area contributed by atoms with Gasteiger partial charge in [-0.2, -0.15) is 13.2 Å². The molecule has 2 heterocycles. The molecule has 2 aromatic carbocycles. The highest BCUT2D eigenvalue weighted by Gasteiger charge is 2.46. The van der Waals surface area contributed by atoms with Crippen molar-refractivity contribution in [3.05, 3.63) is 65.5 Å². The van der Waals surface area contributed by atoms with E-state index in [1.165, 1.54) is 12.1 Å². The van der Waals surface area contributed by atoms with Crippen molar-refractivity contribution < 1.29 is 32.2 Å². The molecule has 0 aliphatic carbocycles. The van der Waals surface area contributed by atoms with E-state index >= 15 is 0 Å². The molecule has 9 heteroatoms. The number of nitrogens with zero attached hydrogens (tertiary/aromatic N) is 1. The fourth-order valence-corrected chi connectivity index (χ4v) is 4.46. The maximum absolute atomic E-state index is 13.9. The third-order valence-electron chi connectivity index (χ3n) is 6.35. The predicted molar refractivity (Wildman–Crippen MR) is 120 cm³/mol. The monoisotopic (exact) mass is 482 g/mol. The van der Waals surface area contributed by atoms with Crippen molar-refractivity contribution in [1.82, 2.24) is 10.2 Å². The molecule has 2 aliphatic rings. The predicted octanol–water partition coefficient (Wildman–Crippen LogP) is 5.06. The van der Waals surface area contributed by atoms with E-state index in [1.54, 1.807) is 18.2 Å². The van der Waals surface area contributed by atoms with Gasteiger partial charge in [0.25, 0.3) is 0 Å². The van der Waals surface area contributed by atoms with Crippen molar-refractivity contribution in [2.75, 3.05) is 26.3 Å². The van der Waals surface area contributed by atoms with Crippen LogP contribution in [-0.4, -0.2) is 47.8 Å². The number of phenolic OH excluding ortho intramolecular Hbond substituents is 1. The second kappa shape index (κ2) is 11.2. The molecule has 2 aliphatic heterocycles. The Morgan fingerprint density at radius 3 is 2.29 bits per heavy atom. The van der Waals surface area contributed by atoms with E-state index in [-0.39, 0.29) is 23.5 Å². The van der Waals surface area contributed by atoms with Gasteiger partial charge in [0, 0.05) is 18.8 Å². The SMILES string of the molecule is CC(NC(=O)C1(N2CCCC2)CCOCC1)c1ccccc1F.Oc1cccc(C(F)(F)F)c1. The molecule has 34 heavy (non-hydrogen) atoms. The van der Waals surface area contributed by atoms with Gasteiger partial charge >= 0.3 is 6.18 Å². The Labute approximate surface area is 196 Å². The Balaban J connectivity index is 0.000000248. The number of carbonyl (C=O) groups is 1. The quantitative estimate of drug-likeness (QED) is 0.599. The molecule has 1 atom stereocenters. The lowest BCUT2D eigenvalue weighted by molar-refractivity contribution is -0.140. The Hall–Kier alpha value is -2.65. The Bertz CT molecular complexity index is 955. The number of rotatable bonds is 4. The highest BCUT2D eigenvalue weighted by Crippen LogP contribution is 2.33. The van der Waals surface area contributed by atoms with E-state index in [2.05, 4.69) is 10.2 Å². The molecule has 2 fully saturated rings. The fraction of sp³-hybridized carbons (Fsp3) is 0.480. The van der Waals surface area contributed by atoms with Crippen LogP contribution in [0.5, 0.6) is 5.75 Å². The third-order valence-corrected chi connectivity index (χ3v) is 6.35. The Morgan fingerprint density at radius 1 is 1.09 bits per heavy atom. The summed E-state index contributed by atoms with van der Waals surface area (Å²) < 4.78 is 55.0. The molecule has 4 rings (SSSR count). The zero-order valence-corrected chi connectivity index (χ0v) is 19.1. The van der Waals surface area contributed by atoms with E-state index in [9.17, 15) is 22.4 Å². The van der Waals surface area contributed by atoms with Crippen LogP contribution in [0, 0.1) is 5.82 Å². The summed E-state index contributed by atoms with van der Waals surface area (Å²) in [5.41, 5.74) is -0.796. The van der Waals surface area contributed by atoms with Gasteiger partial charge < -0.3 is 15.2 Å². The molecule has 0 aromatic heterocycles. The standard InChI is InChI=1S/C18H25FN2O2.C7H5F3O/c1-14(15-6-2-3-7-16(15)19)20-17(22)18(8-12-23-13-9-18)21-10-4-5-11-21;8-7(9,10)5-2-1-3-6(11)4-5/h2-3,6-7,14H,4-5,8-13H2,1H3,(H,20,22);1-4,11H. The van der Waals surface area contributed by atoms with E-state index in [0.717, 1.165) is 38.1 Å². The van der Waals surface area contributed by atoms with Crippen LogP contribution in [0.25, 0.3) is 0 Å². The van der Waals surface area contributed by atoms with E-state index in [0.29, 0.717) is 37.7 Å². The van der Waals surface area contributed by atoms with Crippen LogP contribution in [0.4, 0.5) is 17.6 Å². The van der Waals surface area contributed by atoms with Gasteiger partial charge in [0.15, 0.2) is 0 Å². The molecular weight excluding hydrogens is 452 g/mol. The first-order chi connectivity index (χ1) is 16.1. The summed E-state index contributed by atoms with van der Waals surface area (Å²) in [4.78, 5) is 15.4. The van der Waals surface area contributed by atoms with E-state index < -0.39 is 17.3 Å². The molecule has 0 saturated carbocycles. The third kappa shape index (κ3) is 6.27. The highest BCUT2D eigenvalue weighted by molar-refractivity contribution is 5.87. The summed E-state index contributed by atoms with van der Waals surface area (Å²) in [6.07, 6.45) is -0.679. The molecule has 2 aromatic rings. The van der Waals surface area contributed by atoms with Gasteiger partial charge in [-0.1, -0.05) is 24.3 Å². The molecule has 0 bridgehead atoms. The lowest BCUT2D eigenvalue weighted by Gasteiger charge is -2.43. The number of halogens is 4. The van der Waals surface area contributed by atoms with Crippen molar-refractivity contribution in [2.45, 2.75) is 50.4 Å². The number of amides is 1. The number of hydrogen-bond acceptors (Lipinski definition) is 4. The van der Waals surface area contributed by atoms with Crippen LogP contribution >= 0.6 is 0 Å². The van der Waals surface area contributed by atoms with Crippen molar-refractivity contribution in [2.24, 2.45) is 0 Å². The van der Waals surface area contributed by atoms with Crippen LogP contribution in [0.1, 0.15) is 49.8 Å². The largest absolute Gasteiger partial charge is 0.508 e. The van der Waals surface area contributed by atoms with Crippen LogP contribution in [0.3, 0.4) is 0 Å². The summed E-state index contributed by atoms with van der Waals surface area (Å²) >= 11 is 0. The lowest BCUT2D eigenvalue weighted by Crippen LogP contribution is -2.60. The number of benzene rings is 2. The topological polar surface area (TPSA) is 61.8 Å². The zero-order chi connectivity index (χ0) is 24.8. The number of hydrogen-bond donors (Lipinski definition) is 2. The van der Waals surface area contributed by atoms with Crippen molar-refractivity contribution in [3.63, 3.8) is 0 Å². The number of likely N-dealkylation sites (tertiary alicyclic amines) is 1. The normalized spacial score (nSPS) is 19.1. The minimum Gasteiger partial charge on any atom is -0.508 e. The van der Waals surface area contributed by atoms with Gasteiger partial charge in [-0.3, -0.25) is 9.69 Å². The molecule has 2 N–H and O–H groups in total. The van der Waals surface area contributed by atoms with Gasteiger partial charge in [-0.25, -0.2) is 4.39 Å². The van der Waals surface area contributed by atoms with Crippen LogP contribution in [0.15, 0.2) is 48.5 Å². The number of carbonyl (C=O) groups excluding carboxylic acids is 1. The minimum absolute atomic E-state index is 0.0125. The van der Waals surface area contributed by atoms with Gasteiger partial charge in [-0.15, -0.1) is 0 Å². The molecule has 1 amide bonds. The number of aromatic hydroxyl groups is 1. The Kier molecular flexibility index (Phi) is 8.54. The molecule has 1 unspecified atom stereocenters. The second-order valence-electron chi connectivity index (χ2n) is 8.60. The van der Waals surface area contributed by atoms with Crippen LogP contribution in [0.2, 0.25) is 0 Å². The van der Waals surface area contributed by atoms with Crippen LogP contribution in [-0.2, 0) is 15.7 Å². The maximum atomic E-state index is 13.9. The minimum atomic E-state index is -4.38. The average Bonchev–Trinajstić information content (AvgIpc) is 3.35. The molecule has 0 radical (unpaired) electrons. The number of nitrogens with one attached hydrogen (secondary N) is 1. The summed E-state index contributed by atoms with van der Waals surface area (Å²) in [6, 6.07) is 10.2. The fourth-order valence-electron chi connectivity index (χ4n) is 4.46. The lowest BCUT2D eigenvalue weighted by atomic mass is 9.86. The van der Waals surface area contributed by atoms with E-state index in [4.69, 9.17) is 9.84 Å². The number of phenols is 1. The van der Waals surface area contributed by atoms with E-state index in [1.807, 2.05) is 6.92 Å². The van der Waals surface area contributed by atoms with Crippen molar-refractivity contribution in [1.29, 1.82) is 0 Å². The Morgan fingerprint density at radius 2 is 1.74 bits per heavy atom. The van der Waals surface area contributed by atoms with Crippen molar-refractivity contribution >= 4 is 5.91 Å².